The standard InChI is InChI=1S/C11H8BrClFN3O3S/c12-6-3-10(15-5-6)11(18)16-17-21(19,20)7-1-2-9(14)8(13)4-7/h1-5,15,17H,(H,16,18). The van der Waals surface area contributed by atoms with E-state index in [9.17, 15) is 17.6 Å². The highest BCUT2D eigenvalue weighted by Gasteiger charge is 2.17. The molecule has 2 aromatic rings. The lowest BCUT2D eigenvalue weighted by molar-refractivity contribution is 0.0940. The largest absolute Gasteiger partial charge is 0.356 e. The number of benzene rings is 1. The van der Waals surface area contributed by atoms with E-state index in [0.717, 1.165) is 18.2 Å². The van der Waals surface area contributed by atoms with Crippen molar-refractivity contribution in [3.63, 3.8) is 0 Å². The van der Waals surface area contributed by atoms with Crippen molar-refractivity contribution < 1.29 is 17.6 Å². The maximum atomic E-state index is 13.0. The molecule has 0 aliphatic carbocycles. The van der Waals surface area contributed by atoms with Crippen LogP contribution in [0.25, 0.3) is 0 Å². The van der Waals surface area contributed by atoms with Gasteiger partial charge in [-0.15, -0.1) is 4.83 Å². The van der Waals surface area contributed by atoms with Crippen molar-refractivity contribution in [3.8, 4) is 0 Å². The predicted molar refractivity (Wildman–Crippen MR) is 77.7 cm³/mol. The molecule has 3 N–H and O–H groups in total. The number of hydrogen-bond acceptors (Lipinski definition) is 3. The van der Waals surface area contributed by atoms with Crippen molar-refractivity contribution in [2.75, 3.05) is 0 Å². The molecule has 1 heterocycles. The molecule has 1 aromatic heterocycles. The van der Waals surface area contributed by atoms with Gasteiger partial charge in [0.2, 0.25) is 0 Å². The first-order valence-electron chi connectivity index (χ1n) is 5.41. The number of carbonyl (C=O) groups is 1. The molecule has 2 rings (SSSR count). The SMILES string of the molecule is O=C(NNS(=O)(=O)c1ccc(F)c(Cl)c1)c1cc(Br)c[nH]1. The number of carbonyl (C=O) groups excluding carboxylic acids is 1. The first-order valence-corrected chi connectivity index (χ1v) is 8.06. The van der Waals surface area contributed by atoms with Crippen LogP contribution in [0.2, 0.25) is 5.02 Å². The third-order valence-electron chi connectivity index (χ3n) is 2.39. The van der Waals surface area contributed by atoms with Gasteiger partial charge in [-0.05, 0) is 40.2 Å². The highest BCUT2D eigenvalue weighted by molar-refractivity contribution is 9.10. The molecule has 0 unspecified atom stereocenters. The van der Waals surface area contributed by atoms with Gasteiger partial charge >= 0.3 is 0 Å². The lowest BCUT2D eigenvalue weighted by Gasteiger charge is -2.08. The van der Waals surface area contributed by atoms with E-state index in [2.05, 4.69) is 20.9 Å². The van der Waals surface area contributed by atoms with Crippen molar-refractivity contribution in [1.82, 2.24) is 15.2 Å². The molecular formula is C11H8BrClFN3O3S. The number of nitrogens with one attached hydrogen (secondary N) is 3. The third kappa shape index (κ3) is 3.82. The predicted octanol–water partition coefficient (Wildman–Crippen LogP) is 2.19. The number of H-pyrrole nitrogens is 1. The van der Waals surface area contributed by atoms with Crippen molar-refractivity contribution in [3.05, 3.63) is 51.5 Å². The molecule has 0 saturated carbocycles. The van der Waals surface area contributed by atoms with Gasteiger partial charge in [-0.1, -0.05) is 11.6 Å². The Bertz CT molecular complexity index is 794. The van der Waals surface area contributed by atoms with Crippen LogP contribution in [-0.4, -0.2) is 19.3 Å². The molecule has 0 bridgehead atoms. The Morgan fingerprint density at radius 1 is 1.33 bits per heavy atom. The molecule has 0 radical (unpaired) electrons. The summed E-state index contributed by atoms with van der Waals surface area (Å²) in [5.74, 6) is -1.42. The van der Waals surface area contributed by atoms with Crippen LogP contribution < -0.4 is 10.3 Å². The second-order valence-electron chi connectivity index (χ2n) is 3.87. The lowest BCUT2D eigenvalue weighted by Crippen LogP contribution is -2.41. The van der Waals surface area contributed by atoms with Crippen molar-refractivity contribution in [1.29, 1.82) is 0 Å². The minimum absolute atomic E-state index is 0.154. The Labute approximate surface area is 132 Å². The van der Waals surface area contributed by atoms with E-state index in [1.807, 2.05) is 10.3 Å². The molecule has 0 aliphatic rings. The van der Waals surface area contributed by atoms with E-state index in [4.69, 9.17) is 11.6 Å². The molecular weight excluding hydrogens is 389 g/mol. The summed E-state index contributed by atoms with van der Waals surface area (Å²) in [5, 5.41) is -0.336. The minimum Gasteiger partial charge on any atom is -0.356 e. The van der Waals surface area contributed by atoms with Gasteiger partial charge in [0.05, 0.1) is 9.92 Å². The summed E-state index contributed by atoms with van der Waals surface area (Å²) in [6, 6.07) is 4.36. The first-order chi connectivity index (χ1) is 9.79. The molecule has 10 heteroatoms. The fraction of sp³-hybridized carbons (Fsp3) is 0. The van der Waals surface area contributed by atoms with Gasteiger partial charge < -0.3 is 4.98 Å². The summed E-state index contributed by atoms with van der Waals surface area (Å²) < 4.78 is 37.5. The second kappa shape index (κ2) is 6.14. The van der Waals surface area contributed by atoms with E-state index >= 15 is 0 Å². The van der Waals surface area contributed by atoms with E-state index in [-0.39, 0.29) is 15.6 Å². The van der Waals surface area contributed by atoms with E-state index < -0.39 is 21.7 Å². The average molecular weight is 397 g/mol. The molecule has 0 fully saturated rings. The maximum Gasteiger partial charge on any atom is 0.282 e. The van der Waals surface area contributed by atoms with Crippen LogP contribution in [0.1, 0.15) is 10.5 Å². The molecule has 0 aliphatic heterocycles. The van der Waals surface area contributed by atoms with Gasteiger partial charge in [-0.3, -0.25) is 10.2 Å². The number of hydrogen-bond donors (Lipinski definition) is 3. The zero-order chi connectivity index (χ0) is 15.6. The summed E-state index contributed by atoms with van der Waals surface area (Å²) in [7, 11) is -4.05. The summed E-state index contributed by atoms with van der Waals surface area (Å²) in [6.07, 6.45) is 1.52. The number of halogens is 3. The highest BCUT2D eigenvalue weighted by Crippen LogP contribution is 2.19. The van der Waals surface area contributed by atoms with Gasteiger partial charge in [0.1, 0.15) is 11.5 Å². The van der Waals surface area contributed by atoms with Crippen molar-refractivity contribution in [2.45, 2.75) is 4.90 Å². The number of hydrazine groups is 1. The summed E-state index contributed by atoms with van der Waals surface area (Å²) >= 11 is 8.66. The Balaban J connectivity index is 2.11. The third-order valence-corrected chi connectivity index (χ3v) is 4.39. The normalized spacial score (nSPS) is 11.4. The number of aromatic nitrogens is 1. The van der Waals surface area contributed by atoms with Crippen LogP contribution in [0, 0.1) is 5.82 Å². The number of sulfonamides is 1. The molecule has 21 heavy (non-hydrogen) atoms. The first kappa shape index (κ1) is 16.0. The molecule has 0 spiro atoms. The Morgan fingerprint density at radius 2 is 2.05 bits per heavy atom. The van der Waals surface area contributed by atoms with E-state index in [1.165, 1.54) is 12.3 Å². The maximum absolute atomic E-state index is 13.0. The Hall–Kier alpha value is -1.42. The zero-order valence-corrected chi connectivity index (χ0v) is 13.3. The highest BCUT2D eigenvalue weighted by atomic mass is 79.9. The summed E-state index contributed by atoms with van der Waals surface area (Å²) in [6.45, 7) is 0. The van der Waals surface area contributed by atoms with Crippen LogP contribution in [-0.2, 0) is 10.0 Å². The zero-order valence-electron chi connectivity index (χ0n) is 10.2. The number of rotatable bonds is 4. The second-order valence-corrected chi connectivity index (χ2v) is 6.87. The van der Waals surface area contributed by atoms with Crippen molar-refractivity contribution >= 4 is 43.5 Å². The Kier molecular flexibility index (Phi) is 4.67. The van der Waals surface area contributed by atoms with E-state index in [1.54, 1.807) is 0 Å². The molecule has 6 nitrogen and oxygen atoms in total. The van der Waals surface area contributed by atoms with Gasteiger partial charge in [-0.25, -0.2) is 12.8 Å². The van der Waals surface area contributed by atoms with Crippen molar-refractivity contribution in [2.24, 2.45) is 0 Å². The van der Waals surface area contributed by atoms with Crippen LogP contribution in [0.5, 0.6) is 0 Å². The van der Waals surface area contributed by atoms with Gasteiger partial charge in [0.25, 0.3) is 15.9 Å². The van der Waals surface area contributed by atoms with Crippen LogP contribution in [0.3, 0.4) is 0 Å². The minimum atomic E-state index is -4.05. The Morgan fingerprint density at radius 3 is 2.62 bits per heavy atom. The lowest BCUT2D eigenvalue weighted by atomic mass is 10.3. The molecule has 0 saturated heterocycles. The smallest absolute Gasteiger partial charge is 0.282 e. The fourth-order valence-corrected chi connectivity index (χ4v) is 2.84. The summed E-state index contributed by atoms with van der Waals surface area (Å²) in [5.41, 5.74) is 2.17. The van der Waals surface area contributed by atoms with E-state index in [0.29, 0.717) is 4.47 Å². The monoisotopic (exact) mass is 395 g/mol. The van der Waals surface area contributed by atoms with Crippen LogP contribution in [0.4, 0.5) is 4.39 Å². The average Bonchev–Trinajstić information content (AvgIpc) is 2.86. The number of aromatic amines is 1. The van der Waals surface area contributed by atoms with Gasteiger partial charge in [0.15, 0.2) is 0 Å². The topological polar surface area (TPSA) is 91.1 Å². The number of amides is 1. The van der Waals surface area contributed by atoms with Crippen LogP contribution >= 0.6 is 27.5 Å². The quantitative estimate of drug-likeness (QED) is 0.692. The molecule has 1 amide bonds. The van der Waals surface area contributed by atoms with Crippen LogP contribution in [0.15, 0.2) is 39.8 Å². The van der Waals surface area contributed by atoms with Gasteiger partial charge in [0, 0.05) is 10.7 Å². The molecule has 0 atom stereocenters. The van der Waals surface area contributed by atoms with Gasteiger partial charge in [-0.2, -0.15) is 0 Å². The summed E-state index contributed by atoms with van der Waals surface area (Å²) in [4.78, 5) is 15.9. The fourth-order valence-electron chi connectivity index (χ4n) is 1.38. The molecule has 112 valence electrons. The molecule has 1 aromatic carbocycles.